The number of aliphatic carboxylic acids is 1. The van der Waals surface area contributed by atoms with Crippen molar-refractivity contribution in [3.63, 3.8) is 0 Å². The Morgan fingerprint density at radius 3 is 2.95 bits per heavy atom. The van der Waals surface area contributed by atoms with Gasteiger partial charge in [-0.1, -0.05) is 12.5 Å². The molecule has 0 aliphatic heterocycles. The van der Waals surface area contributed by atoms with E-state index in [-0.39, 0.29) is 24.3 Å². The van der Waals surface area contributed by atoms with Gasteiger partial charge in [-0.3, -0.25) is 9.59 Å². The van der Waals surface area contributed by atoms with Crippen LogP contribution in [0, 0.1) is 11.8 Å². The molecule has 5 nitrogen and oxygen atoms in total. The van der Waals surface area contributed by atoms with Gasteiger partial charge in [-0.15, -0.1) is 11.3 Å². The molecule has 0 aromatic carbocycles. The highest BCUT2D eigenvalue weighted by atomic mass is 32.1. The monoisotopic (exact) mass is 310 g/mol. The fourth-order valence-electron chi connectivity index (χ4n) is 2.82. The number of amides is 1. The molecule has 2 unspecified atom stereocenters. The van der Waals surface area contributed by atoms with Gasteiger partial charge in [-0.05, 0) is 43.2 Å². The van der Waals surface area contributed by atoms with Crippen molar-refractivity contribution in [3.8, 4) is 0 Å². The van der Waals surface area contributed by atoms with Crippen molar-refractivity contribution >= 4 is 23.2 Å². The summed E-state index contributed by atoms with van der Waals surface area (Å²) in [4.78, 5) is 24.0. The van der Waals surface area contributed by atoms with E-state index >= 15 is 0 Å². The van der Waals surface area contributed by atoms with Gasteiger partial charge in [0.2, 0.25) is 5.91 Å². The van der Waals surface area contributed by atoms with Crippen LogP contribution in [0.4, 0.5) is 0 Å². The number of nitrogens with one attached hydrogen (secondary N) is 2. The lowest BCUT2D eigenvalue weighted by molar-refractivity contribution is -0.142. The molecule has 0 radical (unpaired) electrons. The Labute approximate surface area is 128 Å². The molecule has 1 saturated carbocycles. The van der Waals surface area contributed by atoms with Crippen LogP contribution in [0.15, 0.2) is 17.5 Å². The molecule has 0 saturated heterocycles. The molecule has 1 aromatic heterocycles. The largest absolute Gasteiger partial charge is 0.481 e. The summed E-state index contributed by atoms with van der Waals surface area (Å²) in [7, 11) is 0. The van der Waals surface area contributed by atoms with Gasteiger partial charge in [0.25, 0.3) is 0 Å². The van der Waals surface area contributed by atoms with Crippen LogP contribution in [0.2, 0.25) is 0 Å². The number of carboxylic acid groups (broad SMARTS) is 1. The predicted molar refractivity (Wildman–Crippen MR) is 82.4 cm³/mol. The Bertz CT molecular complexity index is 461. The van der Waals surface area contributed by atoms with Gasteiger partial charge in [0.15, 0.2) is 0 Å². The van der Waals surface area contributed by atoms with Crippen molar-refractivity contribution in [1.29, 1.82) is 0 Å². The molecular weight excluding hydrogens is 288 g/mol. The van der Waals surface area contributed by atoms with E-state index in [4.69, 9.17) is 5.11 Å². The van der Waals surface area contributed by atoms with E-state index in [0.717, 1.165) is 25.7 Å². The summed E-state index contributed by atoms with van der Waals surface area (Å²) in [5, 5.41) is 17.1. The van der Waals surface area contributed by atoms with Crippen LogP contribution < -0.4 is 10.6 Å². The van der Waals surface area contributed by atoms with Crippen molar-refractivity contribution in [3.05, 3.63) is 22.4 Å². The first kappa shape index (κ1) is 16.0. The summed E-state index contributed by atoms with van der Waals surface area (Å²) in [6.45, 7) is 1.50. The number of rotatable bonds is 8. The number of carbonyl (C=O) groups is 2. The quantitative estimate of drug-likeness (QED) is 0.680. The molecule has 116 valence electrons. The third-order valence-corrected chi connectivity index (χ3v) is 4.88. The molecular formula is C15H22N2O3S. The zero-order chi connectivity index (χ0) is 15.1. The minimum Gasteiger partial charge on any atom is -0.481 e. The van der Waals surface area contributed by atoms with Gasteiger partial charge >= 0.3 is 5.97 Å². The summed E-state index contributed by atoms with van der Waals surface area (Å²) in [5.41, 5.74) is 0. The molecule has 1 amide bonds. The number of hydrogen-bond donors (Lipinski definition) is 3. The fraction of sp³-hybridized carbons (Fsp3) is 0.600. The SMILES string of the molecule is O=C(CNCC1CCCC1C(=O)O)NCCc1cccs1. The first-order valence-corrected chi connectivity index (χ1v) is 8.27. The molecule has 1 aliphatic rings. The van der Waals surface area contributed by atoms with Crippen molar-refractivity contribution in [2.45, 2.75) is 25.7 Å². The number of hydrogen-bond acceptors (Lipinski definition) is 4. The maximum absolute atomic E-state index is 11.7. The molecule has 2 atom stereocenters. The lowest BCUT2D eigenvalue weighted by Gasteiger charge is -2.16. The van der Waals surface area contributed by atoms with Crippen molar-refractivity contribution in [2.75, 3.05) is 19.6 Å². The van der Waals surface area contributed by atoms with E-state index in [2.05, 4.69) is 16.7 Å². The summed E-state index contributed by atoms with van der Waals surface area (Å²) in [6.07, 6.45) is 3.52. The molecule has 1 fully saturated rings. The normalized spacial score (nSPS) is 21.3. The Kier molecular flexibility index (Phi) is 6.20. The Balaban J connectivity index is 1.57. The zero-order valence-corrected chi connectivity index (χ0v) is 12.8. The van der Waals surface area contributed by atoms with E-state index in [1.165, 1.54) is 4.88 Å². The summed E-state index contributed by atoms with van der Waals surface area (Å²) < 4.78 is 0. The molecule has 3 N–H and O–H groups in total. The topological polar surface area (TPSA) is 78.4 Å². The molecule has 1 aromatic rings. The number of carboxylic acids is 1. The van der Waals surface area contributed by atoms with E-state index in [9.17, 15) is 9.59 Å². The smallest absolute Gasteiger partial charge is 0.306 e. The molecule has 2 rings (SSSR count). The third kappa shape index (κ3) is 5.13. The van der Waals surface area contributed by atoms with Crippen molar-refractivity contribution in [1.82, 2.24) is 10.6 Å². The molecule has 0 spiro atoms. The first-order chi connectivity index (χ1) is 10.2. The molecule has 0 bridgehead atoms. The standard InChI is InChI=1S/C15H22N2O3S/c18-14(17-7-6-12-4-2-8-21-12)10-16-9-11-3-1-5-13(11)15(19)20/h2,4,8,11,13,16H,1,3,5-7,9-10H2,(H,17,18)(H,19,20). The van der Waals surface area contributed by atoms with Crippen LogP contribution in [0.25, 0.3) is 0 Å². The van der Waals surface area contributed by atoms with Crippen LogP contribution in [0.3, 0.4) is 0 Å². The second kappa shape index (κ2) is 8.14. The average molecular weight is 310 g/mol. The van der Waals surface area contributed by atoms with E-state index in [1.54, 1.807) is 11.3 Å². The Hall–Kier alpha value is -1.40. The minimum atomic E-state index is -0.709. The maximum atomic E-state index is 11.7. The van der Waals surface area contributed by atoms with Crippen molar-refractivity contribution in [2.24, 2.45) is 11.8 Å². The lowest BCUT2D eigenvalue weighted by atomic mass is 9.96. The van der Waals surface area contributed by atoms with E-state index in [0.29, 0.717) is 13.1 Å². The van der Waals surface area contributed by atoms with Crippen LogP contribution in [0.1, 0.15) is 24.1 Å². The van der Waals surface area contributed by atoms with Crippen molar-refractivity contribution < 1.29 is 14.7 Å². The van der Waals surface area contributed by atoms with Gasteiger partial charge in [0.05, 0.1) is 12.5 Å². The summed E-state index contributed by atoms with van der Waals surface area (Å²) >= 11 is 1.69. The maximum Gasteiger partial charge on any atom is 0.306 e. The van der Waals surface area contributed by atoms with Crippen LogP contribution in [-0.2, 0) is 16.0 Å². The van der Waals surface area contributed by atoms with Crippen LogP contribution >= 0.6 is 11.3 Å². The predicted octanol–water partition coefficient (Wildman–Crippen LogP) is 1.50. The highest BCUT2D eigenvalue weighted by Gasteiger charge is 2.32. The molecule has 6 heteroatoms. The number of thiophene rings is 1. The Morgan fingerprint density at radius 2 is 2.24 bits per heavy atom. The Morgan fingerprint density at radius 1 is 1.38 bits per heavy atom. The minimum absolute atomic E-state index is 0.0311. The molecule has 1 heterocycles. The third-order valence-electron chi connectivity index (χ3n) is 3.94. The molecule has 21 heavy (non-hydrogen) atoms. The molecule has 1 aliphatic carbocycles. The summed E-state index contributed by atoms with van der Waals surface area (Å²) in [6, 6.07) is 4.06. The lowest BCUT2D eigenvalue weighted by Crippen LogP contribution is -2.38. The average Bonchev–Trinajstić information content (AvgIpc) is 3.09. The van der Waals surface area contributed by atoms with Crippen LogP contribution in [-0.4, -0.2) is 36.6 Å². The first-order valence-electron chi connectivity index (χ1n) is 7.39. The van der Waals surface area contributed by atoms with Gasteiger partial charge in [0.1, 0.15) is 0 Å². The highest BCUT2D eigenvalue weighted by Crippen LogP contribution is 2.31. The highest BCUT2D eigenvalue weighted by molar-refractivity contribution is 7.09. The second-order valence-corrected chi connectivity index (χ2v) is 6.48. The zero-order valence-electron chi connectivity index (χ0n) is 12.0. The van der Waals surface area contributed by atoms with Gasteiger partial charge in [0, 0.05) is 11.4 Å². The van der Waals surface area contributed by atoms with Gasteiger partial charge in [-0.25, -0.2) is 0 Å². The van der Waals surface area contributed by atoms with E-state index in [1.807, 2.05) is 11.4 Å². The van der Waals surface area contributed by atoms with Gasteiger partial charge in [-0.2, -0.15) is 0 Å². The van der Waals surface area contributed by atoms with Crippen LogP contribution in [0.5, 0.6) is 0 Å². The van der Waals surface area contributed by atoms with Gasteiger partial charge < -0.3 is 15.7 Å². The fourth-order valence-corrected chi connectivity index (χ4v) is 3.53. The number of carbonyl (C=O) groups excluding carboxylic acids is 1. The van der Waals surface area contributed by atoms with E-state index < -0.39 is 5.97 Å². The summed E-state index contributed by atoms with van der Waals surface area (Å²) in [5.74, 6) is -0.836. The second-order valence-electron chi connectivity index (χ2n) is 5.45.